The van der Waals surface area contributed by atoms with Gasteiger partial charge in [-0.1, -0.05) is 18.2 Å². The number of halogens is 1. The molecule has 26 heavy (non-hydrogen) atoms. The first-order valence-corrected chi connectivity index (χ1v) is 10.5. The first-order chi connectivity index (χ1) is 12.3. The van der Waals surface area contributed by atoms with Crippen LogP contribution in [0.2, 0.25) is 0 Å². The topological polar surface area (TPSA) is 45.5 Å². The number of rotatable bonds is 5. The molecule has 0 fully saturated rings. The fraction of sp³-hybridized carbons (Fsp3) is 0.300. The summed E-state index contributed by atoms with van der Waals surface area (Å²) in [6.45, 7) is 2.68. The maximum Gasteiger partial charge on any atom is 0.135 e. The third kappa shape index (κ3) is 3.46. The summed E-state index contributed by atoms with van der Waals surface area (Å²) in [5, 5.41) is 11.6. The molecule has 1 unspecified atom stereocenters. The normalized spacial score (nSPS) is 12.8. The lowest BCUT2D eigenvalue weighted by Gasteiger charge is -2.14. The maximum atomic E-state index is 12.8. The van der Waals surface area contributed by atoms with Crippen molar-refractivity contribution in [3.63, 3.8) is 0 Å². The molecule has 6 heteroatoms. The van der Waals surface area contributed by atoms with Gasteiger partial charge in [-0.25, -0.2) is 0 Å². The Bertz CT molecular complexity index is 981. The molecule has 0 amide bonds. The lowest BCUT2D eigenvalue weighted by molar-refractivity contribution is 0.387. The minimum Gasteiger partial charge on any atom is -0.506 e. The monoisotopic (exact) mass is 434 g/mol. The number of aryl methyl sites for hydroxylation is 2. The number of phenols is 1. The number of hydrogen-bond acceptors (Lipinski definition) is 3. The smallest absolute Gasteiger partial charge is 0.135 e. The fourth-order valence-electron chi connectivity index (χ4n) is 3.36. The summed E-state index contributed by atoms with van der Waals surface area (Å²) in [7, 11) is 4.84. The Balaban J connectivity index is 2.14. The second-order valence-corrected chi connectivity index (χ2v) is 9.06. The third-order valence-electron chi connectivity index (χ3n) is 4.66. The minimum absolute atomic E-state index is 0.274. The number of benzene rings is 2. The van der Waals surface area contributed by atoms with Crippen LogP contribution in [-0.4, -0.2) is 32.9 Å². The maximum absolute atomic E-state index is 12.8. The largest absolute Gasteiger partial charge is 0.506 e. The van der Waals surface area contributed by atoms with Crippen molar-refractivity contribution in [2.75, 3.05) is 14.1 Å². The molecule has 138 valence electrons. The number of fused-ring (bicyclic) bond motifs is 1. The molecular formula is C20H23BrN2O2S. The van der Waals surface area contributed by atoms with E-state index >= 15 is 0 Å². The Hall–Kier alpha value is -1.63. The Morgan fingerprint density at radius 1 is 1.23 bits per heavy atom. The molecule has 3 rings (SSSR count). The van der Waals surface area contributed by atoms with Gasteiger partial charge in [0, 0.05) is 40.6 Å². The average molecular weight is 435 g/mol. The Kier molecular flexibility index (Phi) is 5.55. The van der Waals surface area contributed by atoms with Crippen LogP contribution in [0.1, 0.15) is 16.8 Å². The van der Waals surface area contributed by atoms with Crippen molar-refractivity contribution in [2.24, 2.45) is 7.05 Å². The van der Waals surface area contributed by atoms with Crippen molar-refractivity contribution in [3.05, 3.63) is 57.7 Å². The molecule has 0 aliphatic carbocycles. The first-order valence-electron chi connectivity index (χ1n) is 8.37. The van der Waals surface area contributed by atoms with Crippen LogP contribution in [0.5, 0.6) is 5.75 Å². The summed E-state index contributed by atoms with van der Waals surface area (Å²) in [5.74, 6) is 0.719. The Labute approximate surface area is 165 Å². The number of phenolic OH excluding ortho intramolecular Hbond substituents is 1. The average Bonchev–Trinajstić information content (AvgIpc) is 2.83. The van der Waals surface area contributed by atoms with E-state index in [1.165, 1.54) is 0 Å². The summed E-state index contributed by atoms with van der Waals surface area (Å²) in [6.07, 6.45) is 0. The molecule has 0 aliphatic rings. The highest BCUT2D eigenvalue weighted by Gasteiger charge is 2.21. The van der Waals surface area contributed by atoms with Gasteiger partial charge in [0.2, 0.25) is 0 Å². The van der Waals surface area contributed by atoms with Crippen LogP contribution in [-0.2, 0) is 30.1 Å². The van der Waals surface area contributed by atoms with Crippen molar-refractivity contribution >= 4 is 37.6 Å². The molecule has 3 aromatic rings. The molecular weight excluding hydrogens is 412 g/mol. The van der Waals surface area contributed by atoms with Crippen LogP contribution in [0, 0.1) is 6.92 Å². The first kappa shape index (κ1) is 19.1. The predicted molar refractivity (Wildman–Crippen MR) is 111 cm³/mol. The lowest BCUT2D eigenvalue weighted by Crippen LogP contribution is -2.11. The highest BCUT2D eigenvalue weighted by atomic mass is 79.9. The number of hydrogen-bond donors (Lipinski definition) is 1. The van der Waals surface area contributed by atoms with E-state index in [0.717, 1.165) is 32.6 Å². The summed E-state index contributed by atoms with van der Waals surface area (Å²) < 4.78 is 15.6. The van der Waals surface area contributed by atoms with Crippen LogP contribution in [0.15, 0.2) is 45.8 Å². The second-order valence-electron chi connectivity index (χ2n) is 6.75. The number of aromatic hydroxyl groups is 1. The van der Waals surface area contributed by atoms with E-state index in [1.807, 2.05) is 69.4 Å². The van der Waals surface area contributed by atoms with Crippen molar-refractivity contribution in [1.82, 2.24) is 9.47 Å². The van der Waals surface area contributed by atoms with E-state index in [-0.39, 0.29) is 5.75 Å². The van der Waals surface area contributed by atoms with E-state index in [1.54, 1.807) is 0 Å². The number of nitrogens with zero attached hydrogens (tertiary/aromatic N) is 2. The van der Waals surface area contributed by atoms with Crippen molar-refractivity contribution in [2.45, 2.75) is 24.1 Å². The van der Waals surface area contributed by atoms with Gasteiger partial charge in [0.05, 0.1) is 21.0 Å². The van der Waals surface area contributed by atoms with E-state index in [9.17, 15) is 9.32 Å². The van der Waals surface area contributed by atoms with E-state index in [4.69, 9.17) is 0 Å². The van der Waals surface area contributed by atoms with Gasteiger partial charge in [-0.2, -0.15) is 0 Å². The zero-order valence-corrected chi connectivity index (χ0v) is 17.8. The number of aromatic nitrogens is 1. The summed E-state index contributed by atoms with van der Waals surface area (Å²) in [6, 6.07) is 11.5. The van der Waals surface area contributed by atoms with E-state index < -0.39 is 10.8 Å². The quantitative estimate of drug-likeness (QED) is 0.649. The van der Waals surface area contributed by atoms with Crippen molar-refractivity contribution in [1.29, 1.82) is 0 Å². The zero-order chi connectivity index (χ0) is 19.0. The van der Waals surface area contributed by atoms with Crippen LogP contribution in [0.25, 0.3) is 10.9 Å². The molecule has 0 aliphatic heterocycles. The molecule has 0 bridgehead atoms. The SMILES string of the molecule is Cc1c(CS(=O)c2ccccc2)n(C)c2cc(Br)c(O)c(CN(C)C)c12. The highest BCUT2D eigenvalue weighted by molar-refractivity contribution is 9.10. The second kappa shape index (κ2) is 7.55. The van der Waals surface area contributed by atoms with Crippen molar-refractivity contribution < 1.29 is 9.32 Å². The van der Waals surface area contributed by atoms with Gasteiger partial charge in [0.1, 0.15) is 5.75 Å². The van der Waals surface area contributed by atoms with E-state index in [2.05, 4.69) is 20.5 Å². The lowest BCUT2D eigenvalue weighted by atomic mass is 10.0. The Morgan fingerprint density at radius 2 is 1.88 bits per heavy atom. The van der Waals surface area contributed by atoms with Crippen molar-refractivity contribution in [3.8, 4) is 5.75 Å². The van der Waals surface area contributed by atoms with Gasteiger partial charge < -0.3 is 14.6 Å². The minimum atomic E-state index is -1.12. The predicted octanol–water partition coefficient (Wildman–Crippen LogP) is 4.32. The van der Waals surface area contributed by atoms with Crippen LogP contribution in [0.4, 0.5) is 0 Å². The molecule has 1 atom stereocenters. The Morgan fingerprint density at radius 3 is 2.50 bits per heavy atom. The molecule has 0 saturated heterocycles. The molecule has 1 heterocycles. The standard InChI is InChI=1S/C20H23BrN2O2S/c1-13-18(12-26(25)14-8-6-5-7-9-14)23(4)17-10-16(21)20(24)15(19(13)17)11-22(2)3/h5-10,24H,11-12H2,1-4H3. The molecule has 1 aromatic heterocycles. The summed E-state index contributed by atoms with van der Waals surface area (Å²) in [4.78, 5) is 2.87. The molecule has 1 N–H and O–H groups in total. The third-order valence-corrected chi connectivity index (χ3v) is 6.59. The van der Waals surface area contributed by atoms with Gasteiger partial charge in [-0.3, -0.25) is 4.21 Å². The molecule has 0 saturated carbocycles. The summed E-state index contributed by atoms with van der Waals surface area (Å²) in [5.41, 5.74) is 4.03. The molecule has 2 aromatic carbocycles. The highest BCUT2D eigenvalue weighted by Crippen LogP contribution is 2.39. The van der Waals surface area contributed by atoms with Crippen LogP contribution >= 0.6 is 15.9 Å². The van der Waals surface area contributed by atoms with Gasteiger partial charge in [-0.15, -0.1) is 0 Å². The zero-order valence-electron chi connectivity index (χ0n) is 15.4. The van der Waals surface area contributed by atoms with Crippen LogP contribution in [0.3, 0.4) is 0 Å². The molecule has 0 spiro atoms. The summed E-state index contributed by atoms with van der Waals surface area (Å²) >= 11 is 3.47. The van der Waals surface area contributed by atoms with Crippen LogP contribution < -0.4 is 0 Å². The fourth-order valence-corrected chi connectivity index (χ4v) is 5.10. The molecule has 0 radical (unpaired) electrons. The van der Waals surface area contributed by atoms with Gasteiger partial charge in [0.15, 0.2) is 0 Å². The molecule has 4 nitrogen and oxygen atoms in total. The van der Waals surface area contributed by atoms with Gasteiger partial charge in [0.25, 0.3) is 0 Å². The van der Waals surface area contributed by atoms with E-state index in [0.29, 0.717) is 16.8 Å². The van der Waals surface area contributed by atoms with Gasteiger partial charge >= 0.3 is 0 Å². The van der Waals surface area contributed by atoms with Gasteiger partial charge in [-0.05, 0) is 60.7 Å².